The normalized spacial score (nSPS) is 12.2. The van der Waals surface area contributed by atoms with E-state index in [9.17, 15) is 0 Å². The summed E-state index contributed by atoms with van der Waals surface area (Å²) in [5.74, 6) is 1.98. The third-order valence-corrected chi connectivity index (χ3v) is 3.81. The minimum atomic E-state index is 0.452. The van der Waals surface area contributed by atoms with Crippen LogP contribution in [0.4, 0.5) is 0 Å². The molecule has 2 aromatic rings. The summed E-state index contributed by atoms with van der Waals surface area (Å²) >= 11 is 6.24. The van der Waals surface area contributed by atoms with E-state index >= 15 is 0 Å². The average Bonchev–Trinajstić information content (AvgIpc) is 2.49. The number of para-hydroxylation sites is 1. The van der Waals surface area contributed by atoms with Crippen molar-refractivity contribution in [2.75, 3.05) is 0 Å². The van der Waals surface area contributed by atoms with Crippen LogP contribution in [-0.4, -0.2) is 0 Å². The molecule has 0 aromatic heterocycles. The van der Waals surface area contributed by atoms with Crippen molar-refractivity contribution in [3.63, 3.8) is 0 Å². The first-order valence-electron chi connectivity index (χ1n) is 6.91. The molecule has 0 spiro atoms. The Labute approximate surface area is 125 Å². The summed E-state index contributed by atoms with van der Waals surface area (Å²) in [6.45, 7) is 4.84. The van der Waals surface area contributed by atoms with E-state index in [4.69, 9.17) is 22.1 Å². The average molecular weight is 290 g/mol. The van der Waals surface area contributed by atoms with Crippen LogP contribution in [0, 0.1) is 0 Å². The Kier molecular flexibility index (Phi) is 5.05. The van der Waals surface area contributed by atoms with E-state index in [0.717, 1.165) is 17.7 Å². The van der Waals surface area contributed by atoms with Crippen molar-refractivity contribution in [2.24, 2.45) is 5.73 Å². The largest absolute Gasteiger partial charge is 0.456 e. The second kappa shape index (κ2) is 6.78. The minimum absolute atomic E-state index is 0.452. The molecule has 2 N–H and O–H groups in total. The van der Waals surface area contributed by atoms with Crippen LogP contribution in [0.3, 0.4) is 0 Å². The summed E-state index contributed by atoms with van der Waals surface area (Å²) in [5, 5.41) is 0.590. The zero-order chi connectivity index (χ0) is 14.5. The number of halogens is 1. The van der Waals surface area contributed by atoms with Gasteiger partial charge < -0.3 is 10.5 Å². The molecule has 0 aliphatic carbocycles. The molecule has 106 valence electrons. The van der Waals surface area contributed by atoms with Crippen molar-refractivity contribution < 1.29 is 4.74 Å². The molecule has 0 bridgehead atoms. The van der Waals surface area contributed by atoms with E-state index in [0.29, 0.717) is 23.2 Å². The van der Waals surface area contributed by atoms with E-state index in [1.165, 1.54) is 5.56 Å². The summed E-state index contributed by atoms with van der Waals surface area (Å²) in [6.07, 6.45) is 1.07. The quantitative estimate of drug-likeness (QED) is 0.830. The maximum absolute atomic E-state index is 6.24. The molecule has 0 aliphatic heterocycles. The lowest BCUT2D eigenvalue weighted by Crippen LogP contribution is -1.98. The highest BCUT2D eigenvalue weighted by atomic mass is 35.5. The number of rotatable bonds is 5. The van der Waals surface area contributed by atoms with Crippen LogP contribution in [-0.2, 0) is 6.54 Å². The van der Waals surface area contributed by atoms with Crippen molar-refractivity contribution in [2.45, 2.75) is 32.7 Å². The van der Waals surface area contributed by atoms with Gasteiger partial charge in [0.25, 0.3) is 0 Å². The van der Waals surface area contributed by atoms with Gasteiger partial charge in [-0.05, 0) is 41.7 Å². The lowest BCUT2D eigenvalue weighted by molar-refractivity contribution is 0.470. The van der Waals surface area contributed by atoms with Crippen LogP contribution in [0.2, 0.25) is 5.02 Å². The van der Waals surface area contributed by atoms with Crippen LogP contribution in [0.15, 0.2) is 42.5 Å². The standard InChI is InChI=1S/C17H20ClNO/c1-3-12(2)14-6-4-5-7-16(14)20-17-9-8-13(11-19)10-15(17)18/h4-10,12H,3,11,19H2,1-2H3. The first kappa shape index (κ1) is 14.9. The summed E-state index contributed by atoms with van der Waals surface area (Å²) in [7, 11) is 0. The van der Waals surface area contributed by atoms with E-state index in [1.807, 2.05) is 36.4 Å². The Balaban J connectivity index is 2.30. The van der Waals surface area contributed by atoms with Gasteiger partial charge in [-0.3, -0.25) is 0 Å². The van der Waals surface area contributed by atoms with Gasteiger partial charge in [-0.1, -0.05) is 49.7 Å². The van der Waals surface area contributed by atoms with Crippen molar-refractivity contribution in [3.8, 4) is 11.5 Å². The van der Waals surface area contributed by atoms with Crippen molar-refractivity contribution in [1.29, 1.82) is 0 Å². The lowest BCUT2D eigenvalue weighted by atomic mass is 9.98. The molecule has 2 aromatic carbocycles. The number of hydrogen-bond acceptors (Lipinski definition) is 2. The molecule has 0 saturated heterocycles. The van der Waals surface area contributed by atoms with Gasteiger partial charge in [-0.25, -0.2) is 0 Å². The molecule has 0 fully saturated rings. The van der Waals surface area contributed by atoms with Gasteiger partial charge in [0.1, 0.15) is 11.5 Å². The number of hydrogen-bond donors (Lipinski definition) is 1. The molecule has 0 amide bonds. The fraction of sp³-hybridized carbons (Fsp3) is 0.294. The van der Waals surface area contributed by atoms with E-state index < -0.39 is 0 Å². The molecule has 20 heavy (non-hydrogen) atoms. The second-order valence-electron chi connectivity index (χ2n) is 4.92. The lowest BCUT2D eigenvalue weighted by Gasteiger charge is -2.16. The van der Waals surface area contributed by atoms with Gasteiger partial charge in [0.05, 0.1) is 5.02 Å². The Morgan fingerprint density at radius 3 is 2.55 bits per heavy atom. The summed E-state index contributed by atoms with van der Waals surface area (Å²) in [6, 6.07) is 13.8. The zero-order valence-corrected chi connectivity index (χ0v) is 12.7. The first-order chi connectivity index (χ1) is 9.65. The van der Waals surface area contributed by atoms with Gasteiger partial charge in [0.15, 0.2) is 0 Å². The molecule has 3 heteroatoms. The molecule has 1 atom stereocenters. The third-order valence-electron chi connectivity index (χ3n) is 3.51. The zero-order valence-electron chi connectivity index (χ0n) is 11.9. The minimum Gasteiger partial charge on any atom is -0.456 e. The van der Waals surface area contributed by atoms with E-state index in [1.54, 1.807) is 0 Å². The molecule has 2 nitrogen and oxygen atoms in total. The maximum Gasteiger partial charge on any atom is 0.146 e. The van der Waals surface area contributed by atoms with Gasteiger partial charge in [0, 0.05) is 6.54 Å². The Morgan fingerprint density at radius 1 is 1.15 bits per heavy atom. The first-order valence-corrected chi connectivity index (χ1v) is 7.28. The summed E-state index contributed by atoms with van der Waals surface area (Å²) in [4.78, 5) is 0. The SMILES string of the molecule is CCC(C)c1ccccc1Oc1ccc(CN)cc1Cl. The van der Waals surface area contributed by atoms with Crippen molar-refractivity contribution in [1.82, 2.24) is 0 Å². The summed E-state index contributed by atoms with van der Waals surface area (Å²) < 4.78 is 5.99. The predicted octanol–water partition coefficient (Wildman–Crippen LogP) is 5.10. The maximum atomic E-state index is 6.24. The molecular weight excluding hydrogens is 270 g/mol. The van der Waals surface area contributed by atoms with Crippen LogP contribution in [0.25, 0.3) is 0 Å². The summed E-state index contributed by atoms with van der Waals surface area (Å²) in [5.41, 5.74) is 7.80. The molecule has 0 saturated carbocycles. The van der Waals surface area contributed by atoms with Crippen LogP contribution < -0.4 is 10.5 Å². The van der Waals surface area contributed by atoms with Crippen molar-refractivity contribution in [3.05, 3.63) is 58.6 Å². The molecule has 2 rings (SSSR count). The van der Waals surface area contributed by atoms with E-state index in [2.05, 4.69) is 19.9 Å². The number of nitrogens with two attached hydrogens (primary N) is 1. The highest BCUT2D eigenvalue weighted by Crippen LogP contribution is 2.35. The Hall–Kier alpha value is -1.51. The second-order valence-corrected chi connectivity index (χ2v) is 5.33. The topological polar surface area (TPSA) is 35.2 Å². The Bertz CT molecular complexity index is 583. The van der Waals surface area contributed by atoms with Crippen LogP contribution >= 0.6 is 11.6 Å². The fourth-order valence-corrected chi connectivity index (χ4v) is 2.31. The monoisotopic (exact) mass is 289 g/mol. The Morgan fingerprint density at radius 2 is 1.90 bits per heavy atom. The highest BCUT2D eigenvalue weighted by Gasteiger charge is 2.11. The molecule has 0 heterocycles. The fourth-order valence-electron chi connectivity index (χ4n) is 2.07. The highest BCUT2D eigenvalue weighted by molar-refractivity contribution is 6.32. The van der Waals surface area contributed by atoms with Gasteiger partial charge >= 0.3 is 0 Å². The van der Waals surface area contributed by atoms with E-state index in [-0.39, 0.29) is 0 Å². The van der Waals surface area contributed by atoms with Gasteiger partial charge in [0.2, 0.25) is 0 Å². The smallest absolute Gasteiger partial charge is 0.146 e. The molecule has 0 aliphatic rings. The number of benzene rings is 2. The third kappa shape index (κ3) is 3.33. The van der Waals surface area contributed by atoms with Gasteiger partial charge in [-0.15, -0.1) is 0 Å². The molecule has 1 unspecified atom stereocenters. The molecular formula is C17H20ClNO. The predicted molar refractivity (Wildman–Crippen MR) is 84.6 cm³/mol. The van der Waals surface area contributed by atoms with Crippen LogP contribution in [0.5, 0.6) is 11.5 Å². The molecule has 0 radical (unpaired) electrons. The van der Waals surface area contributed by atoms with Crippen molar-refractivity contribution >= 4 is 11.6 Å². The van der Waals surface area contributed by atoms with Gasteiger partial charge in [-0.2, -0.15) is 0 Å². The number of ether oxygens (including phenoxy) is 1. The van der Waals surface area contributed by atoms with Crippen LogP contribution in [0.1, 0.15) is 37.3 Å².